The summed E-state index contributed by atoms with van der Waals surface area (Å²) in [5.74, 6) is 0. The van der Waals surface area contributed by atoms with Gasteiger partial charge in [0.25, 0.3) is 0 Å². The summed E-state index contributed by atoms with van der Waals surface area (Å²) in [6.07, 6.45) is 4.01. The Bertz CT molecular complexity index is 540. The van der Waals surface area contributed by atoms with Gasteiger partial charge in [-0.3, -0.25) is 0 Å². The van der Waals surface area contributed by atoms with Crippen LogP contribution in [0.15, 0.2) is 48.1 Å². The largest absolute Gasteiger partial charge is 0.310 e. The van der Waals surface area contributed by atoms with Crippen molar-refractivity contribution in [3.05, 3.63) is 54.2 Å². The summed E-state index contributed by atoms with van der Waals surface area (Å²) in [5.41, 5.74) is 3.29. The highest BCUT2D eigenvalue weighted by Crippen LogP contribution is 2.24. The molecular weight excluding hydrogens is 234 g/mol. The minimum Gasteiger partial charge on any atom is -0.310 e. The number of rotatable bonds is 4. The normalized spacial score (nSPS) is 18.4. The van der Waals surface area contributed by atoms with E-state index in [0.717, 1.165) is 17.7 Å². The van der Waals surface area contributed by atoms with Crippen molar-refractivity contribution in [2.24, 2.45) is 4.99 Å². The van der Waals surface area contributed by atoms with Crippen LogP contribution in [0.25, 0.3) is 5.57 Å². The predicted octanol–water partition coefficient (Wildman–Crippen LogP) is 3.23. The number of aliphatic imine (C=N–C) groups is 1. The number of benzene rings is 1. The van der Waals surface area contributed by atoms with Crippen LogP contribution >= 0.6 is 0 Å². The average molecular weight is 251 g/mol. The molecule has 0 aliphatic carbocycles. The Kier molecular flexibility index (Phi) is 4.27. The van der Waals surface area contributed by atoms with Crippen LogP contribution in [-0.4, -0.2) is 12.8 Å². The van der Waals surface area contributed by atoms with Crippen LogP contribution in [0, 0.1) is 11.3 Å². The molecule has 1 aromatic carbocycles. The first-order valence-corrected chi connectivity index (χ1v) is 6.36. The van der Waals surface area contributed by atoms with Crippen molar-refractivity contribution in [2.45, 2.75) is 18.9 Å². The molecule has 0 bridgehead atoms. The van der Waals surface area contributed by atoms with Crippen LogP contribution in [0.2, 0.25) is 0 Å². The van der Waals surface area contributed by atoms with E-state index in [9.17, 15) is 0 Å². The molecule has 96 valence electrons. The maximum Gasteiger partial charge on any atom is 0.133 e. The highest BCUT2D eigenvalue weighted by atomic mass is 14.9. The summed E-state index contributed by atoms with van der Waals surface area (Å²) in [6.45, 7) is 8.54. The molecule has 2 rings (SSSR count). The van der Waals surface area contributed by atoms with E-state index in [-0.39, 0.29) is 5.70 Å². The molecule has 0 radical (unpaired) electrons. The molecule has 1 unspecified atom stereocenters. The molecule has 0 aromatic heterocycles. The van der Waals surface area contributed by atoms with E-state index >= 15 is 0 Å². The van der Waals surface area contributed by atoms with Gasteiger partial charge in [0, 0.05) is 12.3 Å². The van der Waals surface area contributed by atoms with Crippen molar-refractivity contribution in [3.8, 4) is 6.07 Å². The fourth-order valence-electron chi connectivity index (χ4n) is 2.16. The van der Waals surface area contributed by atoms with Gasteiger partial charge in [0.2, 0.25) is 0 Å². The third kappa shape index (κ3) is 3.40. The van der Waals surface area contributed by atoms with Gasteiger partial charge in [0.1, 0.15) is 11.8 Å². The van der Waals surface area contributed by atoms with Crippen molar-refractivity contribution in [1.82, 2.24) is 5.32 Å². The highest BCUT2D eigenvalue weighted by molar-refractivity contribution is 6.09. The Balaban J connectivity index is 2.05. The Morgan fingerprint density at radius 2 is 2.11 bits per heavy atom. The van der Waals surface area contributed by atoms with E-state index in [2.05, 4.69) is 35.6 Å². The molecule has 1 heterocycles. The van der Waals surface area contributed by atoms with E-state index in [0.29, 0.717) is 6.04 Å². The monoisotopic (exact) mass is 251 g/mol. The maximum atomic E-state index is 8.58. The summed E-state index contributed by atoms with van der Waals surface area (Å²) in [4.78, 5) is 3.93. The van der Waals surface area contributed by atoms with Gasteiger partial charge in [-0.15, -0.1) is 0 Å². The van der Waals surface area contributed by atoms with Crippen molar-refractivity contribution in [3.63, 3.8) is 0 Å². The van der Waals surface area contributed by atoms with Gasteiger partial charge in [-0.05, 0) is 36.1 Å². The molecule has 1 aromatic rings. The Labute approximate surface area is 114 Å². The zero-order chi connectivity index (χ0) is 13.7. The van der Waals surface area contributed by atoms with Crippen LogP contribution in [0.5, 0.6) is 0 Å². The van der Waals surface area contributed by atoms with Crippen molar-refractivity contribution in [2.75, 3.05) is 6.54 Å². The SMILES string of the molecule is C=C(C#N)/N=C/C(=C)c1ccc(C2CCCN2)cc1. The molecule has 1 N–H and O–H groups in total. The summed E-state index contributed by atoms with van der Waals surface area (Å²) < 4.78 is 0. The standard InChI is InChI=1S/C16H17N3/c1-12(11-19-13(2)10-17)14-5-7-15(8-6-14)16-4-3-9-18-16/h5-8,11,16,18H,1-4,9H2/b19-11+. The second-order valence-corrected chi connectivity index (χ2v) is 4.61. The third-order valence-corrected chi connectivity index (χ3v) is 3.25. The minimum atomic E-state index is 0.188. The summed E-state index contributed by atoms with van der Waals surface area (Å²) in [6, 6.07) is 10.7. The van der Waals surface area contributed by atoms with E-state index in [1.165, 1.54) is 18.4 Å². The topological polar surface area (TPSA) is 48.2 Å². The molecular formula is C16H17N3. The number of nitrogens with one attached hydrogen (secondary N) is 1. The van der Waals surface area contributed by atoms with Gasteiger partial charge in [0.15, 0.2) is 0 Å². The first-order chi connectivity index (χ1) is 9.20. The average Bonchev–Trinajstić information content (AvgIpc) is 2.98. The smallest absolute Gasteiger partial charge is 0.133 e. The predicted molar refractivity (Wildman–Crippen MR) is 78.7 cm³/mol. The molecule has 0 saturated carbocycles. The Hall–Kier alpha value is -2.18. The van der Waals surface area contributed by atoms with Gasteiger partial charge in [0.05, 0.1) is 0 Å². The molecule has 0 amide bonds. The lowest BCUT2D eigenvalue weighted by Crippen LogP contribution is -2.12. The zero-order valence-corrected chi connectivity index (χ0v) is 10.9. The first-order valence-electron chi connectivity index (χ1n) is 6.36. The number of nitriles is 1. The Morgan fingerprint density at radius 1 is 1.37 bits per heavy atom. The maximum absolute atomic E-state index is 8.58. The van der Waals surface area contributed by atoms with Gasteiger partial charge in [-0.2, -0.15) is 5.26 Å². The number of nitrogens with zero attached hydrogens (tertiary/aromatic N) is 2. The molecule has 1 aliphatic rings. The summed E-state index contributed by atoms with van der Waals surface area (Å²) >= 11 is 0. The number of hydrogen-bond donors (Lipinski definition) is 1. The van der Waals surface area contributed by atoms with Crippen LogP contribution in [0.1, 0.15) is 30.0 Å². The first kappa shape index (κ1) is 13.3. The van der Waals surface area contributed by atoms with Crippen LogP contribution in [0.4, 0.5) is 0 Å². The fraction of sp³-hybridized carbons (Fsp3) is 0.250. The number of allylic oxidation sites excluding steroid dienone is 2. The summed E-state index contributed by atoms with van der Waals surface area (Å²) in [5, 5.41) is 12.0. The molecule has 1 aliphatic heterocycles. The summed E-state index contributed by atoms with van der Waals surface area (Å²) in [7, 11) is 0. The second kappa shape index (κ2) is 6.12. The van der Waals surface area contributed by atoms with Crippen molar-refractivity contribution < 1.29 is 0 Å². The lowest BCUT2D eigenvalue weighted by molar-refractivity contribution is 0.648. The van der Waals surface area contributed by atoms with Crippen LogP contribution in [0.3, 0.4) is 0 Å². The zero-order valence-electron chi connectivity index (χ0n) is 10.9. The second-order valence-electron chi connectivity index (χ2n) is 4.61. The van der Waals surface area contributed by atoms with Gasteiger partial charge < -0.3 is 5.32 Å². The van der Waals surface area contributed by atoms with Gasteiger partial charge in [-0.1, -0.05) is 37.4 Å². The molecule has 0 spiro atoms. The fourth-order valence-corrected chi connectivity index (χ4v) is 2.16. The molecule has 3 heteroatoms. The molecule has 1 saturated heterocycles. The van der Waals surface area contributed by atoms with E-state index < -0.39 is 0 Å². The molecule has 19 heavy (non-hydrogen) atoms. The van der Waals surface area contributed by atoms with Crippen LogP contribution in [-0.2, 0) is 0 Å². The van der Waals surface area contributed by atoms with Gasteiger partial charge >= 0.3 is 0 Å². The van der Waals surface area contributed by atoms with Crippen LogP contribution < -0.4 is 5.32 Å². The van der Waals surface area contributed by atoms with Crippen molar-refractivity contribution >= 4 is 11.8 Å². The third-order valence-electron chi connectivity index (χ3n) is 3.25. The molecule has 3 nitrogen and oxygen atoms in total. The van der Waals surface area contributed by atoms with Gasteiger partial charge in [-0.25, -0.2) is 4.99 Å². The molecule has 1 fully saturated rings. The van der Waals surface area contributed by atoms with E-state index in [1.807, 2.05) is 18.2 Å². The lowest BCUT2D eigenvalue weighted by Gasteiger charge is -2.11. The number of hydrogen-bond acceptors (Lipinski definition) is 3. The van der Waals surface area contributed by atoms with Crippen molar-refractivity contribution in [1.29, 1.82) is 5.26 Å². The highest BCUT2D eigenvalue weighted by Gasteiger charge is 2.15. The molecule has 1 atom stereocenters. The van der Waals surface area contributed by atoms with E-state index in [1.54, 1.807) is 6.21 Å². The quantitative estimate of drug-likeness (QED) is 0.659. The van der Waals surface area contributed by atoms with E-state index in [4.69, 9.17) is 5.26 Å². The lowest BCUT2D eigenvalue weighted by atomic mass is 10.0. The minimum absolute atomic E-state index is 0.188. The Morgan fingerprint density at radius 3 is 2.68 bits per heavy atom.